The first-order chi connectivity index (χ1) is 17.6. The van der Waals surface area contributed by atoms with E-state index in [0.29, 0.717) is 11.4 Å². The molecule has 2 aromatic carbocycles. The molecule has 1 fully saturated rings. The highest BCUT2D eigenvalue weighted by atomic mass is 16.5. The Labute approximate surface area is 216 Å². The van der Waals surface area contributed by atoms with E-state index in [1.165, 1.54) is 0 Å². The average molecular weight is 500 g/mol. The van der Waals surface area contributed by atoms with E-state index in [2.05, 4.69) is 36.2 Å². The van der Waals surface area contributed by atoms with Crippen LogP contribution in [0.2, 0.25) is 0 Å². The van der Waals surface area contributed by atoms with Gasteiger partial charge in [-0.2, -0.15) is 5.10 Å². The molecule has 37 heavy (non-hydrogen) atoms. The van der Waals surface area contributed by atoms with Gasteiger partial charge in [0.25, 0.3) is 0 Å². The van der Waals surface area contributed by atoms with E-state index in [4.69, 9.17) is 15.2 Å². The molecule has 0 aliphatic heterocycles. The smallest absolute Gasteiger partial charge is 0.228 e. The SMILES string of the molecule is Cc1cc(CC(=O)Nc2cnn(C(C)(C)C)c2)ccc1Oc1ccnc2ccc(O[C@H]3C[C@@H](N)C3)cc12. The second-order valence-electron chi connectivity index (χ2n) is 10.7. The first-order valence-corrected chi connectivity index (χ1v) is 12.6. The van der Waals surface area contributed by atoms with Gasteiger partial charge in [-0.15, -0.1) is 0 Å². The minimum absolute atomic E-state index is 0.0957. The van der Waals surface area contributed by atoms with Crippen molar-refractivity contribution in [3.63, 3.8) is 0 Å². The number of aromatic nitrogens is 3. The molecule has 2 heterocycles. The summed E-state index contributed by atoms with van der Waals surface area (Å²) in [6.07, 6.45) is 7.41. The molecule has 0 radical (unpaired) electrons. The van der Waals surface area contributed by atoms with E-state index in [0.717, 1.165) is 46.4 Å². The lowest BCUT2D eigenvalue weighted by Gasteiger charge is -2.32. The van der Waals surface area contributed by atoms with E-state index in [9.17, 15) is 4.79 Å². The van der Waals surface area contributed by atoms with Crippen molar-refractivity contribution in [2.24, 2.45) is 5.73 Å². The van der Waals surface area contributed by atoms with Crippen LogP contribution >= 0.6 is 0 Å². The fourth-order valence-corrected chi connectivity index (χ4v) is 4.36. The zero-order valence-electron chi connectivity index (χ0n) is 21.7. The molecule has 8 heteroatoms. The molecular weight excluding hydrogens is 466 g/mol. The van der Waals surface area contributed by atoms with Crippen LogP contribution in [-0.2, 0) is 16.8 Å². The highest BCUT2D eigenvalue weighted by Crippen LogP contribution is 2.34. The Bertz CT molecular complexity index is 1430. The molecule has 0 bridgehead atoms. The van der Waals surface area contributed by atoms with Gasteiger partial charge in [0, 0.05) is 23.8 Å². The fraction of sp³-hybridized carbons (Fsp3) is 0.345. The summed E-state index contributed by atoms with van der Waals surface area (Å²) in [6.45, 7) is 8.16. The molecule has 5 rings (SSSR count). The van der Waals surface area contributed by atoms with Gasteiger partial charge in [0.1, 0.15) is 23.4 Å². The minimum atomic E-state index is -0.143. The molecule has 4 aromatic rings. The van der Waals surface area contributed by atoms with Crippen LogP contribution in [0.15, 0.2) is 61.1 Å². The molecule has 192 valence electrons. The van der Waals surface area contributed by atoms with Crippen molar-refractivity contribution in [3.05, 3.63) is 72.2 Å². The first kappa shape index (κ1) is 24.8. The Morgan fingerprint density at radius 1 is 1.14 bits per heavy atom. The van der Waals surface area contributed by atoms with Crippen LogP contribution in [0.3, 0.4) is 0 Å². The van der Waals surface area contributed by atoms with Crippen molar-refractivity contribution in [3.8, 4) is 17.2 Å². The Kier molecular flexibility index (Phi) is 6.60. The number of ether oxygens (including phenoxy) is 2. The van der Waals surface area contributed by atoms with Crippen LogP contribution in [0.4, 0.5) is 5.69 Å². The van der Waals surface area contributed by atoms with Gasteiger partial charge < -0.3 is 20.5 Å². The third-order valence-corrected chi connectivity index (χ3v) is 6.48. The number of pyridine rings is 1. The molecule has 0 spiro atoms. The zero-order valence-corrected chi connectivity index (χ0v) is 21.7. The lowest BCUT2D eigenvalue weighted by molar-refractivity contribution is -0.115. The highest BCUT2D eigenvalue weighted by Gasteiger charge is 2.27. The number of nitrogens with zero attached hydrogens (tertiary/aromatic N) is 3. The van der Waals surface area contributed by atoms with Crippen LogP contribution in [0.25, 0.3) is 10.9 Å². The predicted octanol–water partition coefficient (Wildman–Crippen LogP) is 5.34. The Balaban J connectivity index is 1.27. The minimum Gasteiger partial charge on any atom is -0.490 e. The van der Waals surface area contributed by atoms with Crippen LogP contribution in [0.5, 0.6) is 17.2 Å². The number of hydrogen-bond donors (Lipinski definition) is 2. The Morgan fingerprint density at radius 3 is 2.65 bits per heavy atom. The van der Waals surface area contributed by atoms with Crippen LogP contribution in [0.1, 0.15) is 44.7 Å². The highest BCUT2D eigenvalue weighted by molar-refractivity contribution is 5.92. The third-order valence-electron chi connectivity index (χ3n) is 6.48. The monoisotopic (exact) mass is 499 g/mol. The average Bonchev–Trinajstić information content (AvgIpc) is 3.29. The van der Waals surface area contributed by atoms with Crippen molar-refractivity contribution >= 4 is 22.5 Å². The molecule has 0 atom stereocenters. The number of nitrogens with two attached hydrogens (primary N) is 1. The molecule has 0 unspecified atom stereocenters. The Morgan fingerprint density at radius 2 is 1.95 bits per heavy atom. The number of amides is 1. The topological polar surface area (TPSA) is 104 Å². The van der Waals surface area contributed by atoms with Gasteiger partial charge in [-0.05, 0) is 82.0 Å². The van der Waals surface area contributed by atoms with Crippen LogP contribution < -0.4 is 20.5 Å². The summed E-state index contributed by atoms with van der Waals surface area (Å²) < 4.78 is 14.2. The lowest BCUT2D eigenvalue weighted by atomic mass is 9.90. The standard InChI is InChI=1S/C29H33N5O3/c1-18-11-19(12-28(35)33-21-16-32-34(17-21)29(2,3)4)5-8-26(18)37-27-9-10-31-25-7-6-22(15-24(25)27)36-23-13-20(30)14-23/h5-11,15-17,20,23H,12-14,30H2,1-4H3,(H,33,35)/t20-,23+. The Hall–Kier alpha value is -3.91. The molecule has 8 nitrogen and oxygen atoms in total. The van der Waals surface area contributed by atoms with Crippen molar-refractivity contribution in [1.82, 2.24) is 14.8 Å². The van der Waals surface area contributed by atoms with Gasteiger partial charge in [-0.25, -0.2) is 0 Å². The molecule has 1 amide bonds. The van der Waals surface area contributed by atoms with Gasteiger partial charge >= 0.3 is 0 Å². The summed E-state index contributed by atoms with van der Waals surface area (Å²) in [7, 11) is 0. The summed E-state index contributed by atoms with van der Waals surface area (Å²) in [6, 6.07) is 13.7. The molecule has 3 N–H and O–H groups in total. The molecule has 1 saturated carbocycles. The number of nitrogens with one attached hydrogen (secondary N) is 1. The van der Waals surface area contributed by atoms with Gasteiger partial charge in [0.2, 0.25) is 5.91 Å². The normalized spacial score (nSPS) is 17.3. The first-order valence-electron chi connectivity index (χ1n) is 12.6. The summed E-state index contributed by atoms with van der Waals surface area (Å²) in [5.41, 5.74) is 9.10. The van der Waals surface area contributed by atoms with Gasteiger partial charge in [0.05, 0.1) is 29.4 Å². The van der Waals surface area contributed by atoms with Crippen molar-refractivity contribution < 1.29 is 14.3 Å². The lowest BCUT2D eigenvalue weighted by Crippen LogP contribution is -2.43. The van der Waals surface area contributed by atoms with E-state index in [1.54, 1.807) is 12.4 Å². The van der Waals surface area contributed by atoms with E-state index >= 15 is 0 Å². The third kappa shape index (κ3) is 5.75. The second-order valence-corrected chi connectivity index (χ2v) is 10.7. The summed E-state index contributed by atoms with van der Waals surface area (Å²) in [4.78, 5) is 17.1. The molecule has 0 saturated heterocycles. The summed E-state index contributed by atoms with van der Waals surface area (Å²) in [5.74, 6) is 2.11. The fourth-order valence-electron chi connectivity index (χ4n) is 4.36. The van der Waals surface area contributed by atoms with Crippen molar-refractivity contribution in [2.75, 3.05) is 5.32 Å². The molecule has 1 aliphatic rings. The molecule has 2 aromatic heterocycles. The summed E-state index contributed by atoms with van der Waals surface area (Å²) in [5, 5.41) is 8.14. The maximum Gasteiger partial charge on any atom is 0.228 e. The maximum absolute atomic E-state index is 12.6. The quantitative estimate of drug-likeness (QED) is 0.356. The number of fused-ring (bicyclic) bond motifs is 1. The number of carbonyl (C=O) groups excluding carboxylic acids is 1. The summed E-state index contributed by atoms with van der Waals surface area (Å²) >= 11 is 0. The maximum atomic E-state index is 12.6. The van der Waals surface area contributed by atoms with Crippen LogP contribution in [0, 0.1) is 6.92 Å². The number of rotatable bonds is 7. The zero-order chi connectivity index (χ0) is 26.2. The van der Waals surface area contributed by atoms with Crippen LogP contribution in [-0.4, -0.2) is 32.8 Å². The van der Waals surface area contributed by atoms with E-state index in [1.807, 2.05) is 60.3 Å². The molecule has 1 aliphatic carbocycles. The van der Waals surface area contributed by atoms with Gasteiger partial charge in [-0.3, -0.25) is 14.5 Å². The van der Waals surface area contributed by atoms with Gasteiger partial charge in [-0.1, -0.05) is 12.1 Å². The number of carbonyl (C=O) groups is 1. The number of aryl methyl sites for hydroxylation is 1. The van der Waals surface area contributed by atoms with E-state index in [-0.39, 0.29) is 30.0 Å². The predicted molar refractivity (Wildman–Crippen MR) is 144 cm³/mol. The number of benzene rings is 2. The largest absolute Gasteiger partial charge is 0.490 e. The van der Waals surface area contributed by atoms with Crippen molar-refractivity contribution in [1.29, 1.82) is 0 Å². The van der Waals surface area contributed by atoms with Crippen molar-refractivity contribution in [2.45, 2.75) is 64.6 Å². The molecular formula is C29H33N5O3. The second kappa shape index (κ2) is 9.86. The van der Waals surface area contributed by atoms with E-state index < -0.39 is 0 Å². The number of hydrogen-bond acceptors (Lipinski definition) is 6. The number of anilines is 1. The van der Waals surface area contributed by atoms with Gasteiger partial charge in [0.15, 0.2) is 0 Å².